The predicted molar refractivity (Wildman–Crippen MR) is 92.0 cm³/mol. The van der Waals surface area contributed by atoms with Gasteiger partial charge in [0.25, 0.3) is 5.91 Å². The minimum absolute atomic E-state index is 0.0696. The van der Waals surface area contributed by atoms with E-state index in [4.69, 9.17) is 9.47 Å². The average Bonchev–Trinajstić information content (AvgIpc) is 3.04. The fourth-order valence-electron chi connectivity index (χ4n) is 3.68. The van der Waals surface area contributed by atoms with Gasteiger partial charge in [0.2, 0.25) is 0 Å². The van der Waals surface area contributed by atoms with Crippen molar-refractivity contribution in [2.24, 2.45) is 7.05 Å². The van der Waals surface area contributed by atoms with Gasteiger partial charge in [-0.15, -0.1) is 0 Å². The van der Waals surface area contributed by atoms with Crippen LogP contribution in [0.15, 0.2) is 42.9 Å². The summed E-state index contributed by atoms with van der Waals surface area (Å²) in [5.74, 6) is 0.0696. The zero-order valence-corrected chi connectivity index (χ0v) is 14.4. The minimum Gasteiger partial charge on any atom is -0.373 e. The van der Waals surface area contributed by atoms with Crippen LogP contribution in [0.3, 0.4) is 0 Å². The zero-order valence-electron chi connectivity index (χ0n) is 14.4. The second-order valence-corrected chi connectivity index (χ2v) is 6.98. The highest BCUT2D eigenvalue weighted by atomic mass is 16.5. The maximum Gasteiger partial charge on any atom is 0.270 e. The van der Waals surface area contributed by atoms with Crippen LogP contribution in [0.1, 0.15) is 28.9 Å². The molecule has 0 aromatic carbocycles. The van der Waals surface area contributed by atoms with Gasteiger partial charge < -0.3 is 18.9 Å². The summed E-state index contributed by atoms with van der Waals surface area (Å²) in [5.41, 5.74) is 1.56. The van der Waals surface area contributed by atoms with E-state index in [0.29, 0.717) is 26.3 Å². The van der Waals surface area contributed by atoms with Crippen LogP contribution in [0.2, 0.25) is 0 Å². The van der Waals surface area contributed by atoms with Crippen LogP contribution in [0.4, 0.5) is 0 Å². The standard InChI is InChI=1S/C19H23N3O3/c1-21-8-3-5-17(21)18(23)22-13-19(14-22)10-16(6-9-25-19)24-12-15-4-2-7-20-11-15/h2-5,7-8,11,16H,6,9-10,12-14H2,1H3/t16-/m0/s1. The van der Waals surface area contributed by atoms with E-state index in [1.165, 1.54) is 0 Å². The van der Waals surface area contributed by atoms with Gasteiger partial charge in [-0.1, -0.05) is 6.07 Å². The molecule has 0 radical (unpaired) electrons. The van der Waals surface area contributed by atoms with Gasteiger partial charge in [0.05, 0.1) is 25.8 Å². The average molecular weight is 341 g/mol. The molecule has 25 heavy (non-hydrogen) atoms. The summed E-state index contributed by atoms with van der Waals surface area (Å²) in [6, 6.07) is 7.69. The van der Waals surface area contributed by atoms with Crippen molar-refractivity contribution in [3.63, 3.8) is 0 Å². The SMILES string of the molecule is Cn1cccc1C(=O)N1CC2(C[C@@H](OCc3cccnc3)CCO2)C1. The zero-order chi connectivity index (χ0) is 17.3. The van der Waals surface area contributed by atoms with Crippen molar-refractivity contribution in [2.75, 3.05) is 19.7 Å². The van der Waals surface area contributed by atoms with Crippen LogP contribution >= 0.6 is 0 Å². The lowest BCUT2D eigenvalue weighted by molar-refractivity contribution is -0.188. The number of carbonyl (C=O) groups is 1. The first-order valence-corrected chi connectivity index (χ1v) is 8.70. The van der Waals surface area contributed by atoms with E-state index < -0.39 is 0 Å². The molecule has 2 fully saturated rings. The number of carbonyl (C=O) groups excluding carboxylic acids is 1. The maximum absolute atomic E-state index is 12.5. The normalized spacial score (nSPS) is 22.0. The van der Waals surface area contributed by atoms with E-state index in [9.17, 15) is 4.79 Å². The summed E-state index contributed by atoms with van der Waals surface area (Å²) in [6.45, 7) is 2.54. The van der Waals surface area contributed by atoms with Gasteiger partial charge in [-0.2, -0.15) is 0 Å². The molecule has 0 saturated carbocycles. The Morgan fingerprint density at radius 3 is 3.00 bits per heavy atom. The summed E-state index contributed by atoms with van der Waals surface area (Å²) < 4.78 is 13.9. The second kappa shape index (κ2) is 6.61. The molecule has 132 valence electrons. The van der Waals surface area contributed by atoms with Gasteiger partial charge in [0, 0.05) is 38.7 Å². The number of aryl methyl sites for hydroxylation is 1. The van der Waals surface area contributed by atoms with E-state index in [-0.39, 0.29) is 17.6 Å². The van der Waals surface area contributed by atoms with Crippen molar-refractivity contribution in [1.29, 1.82) is 0 Å². The van der Waals surface area contributed by atoms with Crippen LogP contribution in [0.25, 0.3) is 0 Å². The van der Waals surface area contributed by atoms with Crippen molar-refractivity contribution < 1.29 is 14.3 Å². The van der Waals surface area contributed by atoms with Crippen molar-refractivity contribution in [1.82, 2.24) is 14.5 Å². The number of hydrogen-bond donors (Lipinski definition) is 0. The third-order valence-electron chi connectivity index (χ3n) is 5.06. The lowest BCUT2D eigenvalue weighted by atomic mass is 9.84. The van der Waals surface area contributed by atoms with Crippen molar-refractivity contribution in [3.05, 3.63) is 54.1 Å². The Labute approximate surface area is 147 Å². The Morgan fingerprint density at radius 2 is 2.28 bits per heavy atom. The Balaban J connectivity index is 1.32. The molecule has 0 N–H and O–H groups in total. The summed E-state index contributed by atoms with van der Waals surface area (Å²) in [5, 5.41) is 0. The van der Waals surface area contributed by atoms with Crippen LogP contribution in [-0.4, -0.2) is 51.8 Å². The van der Waals surface area contributed by atoms with Gasteiger partial charge in [-0.25, -0.2) is 0 Å². The quantitative estimate of drug-likeness (QED) is 0.854. The first-order valence-electron chi connectivity index (χ1n) is 8.70. The molecular weight excluding hydrogens is 318 g/mol. The molecule has 2 aromatic rings. The van der Waals surface area contributed by atoms with Gasteiger partial charge in [0.15, 0.2) is 0 Å². The lowest BCUT2D eigenvalue weighted by Crippen LogP contribution is -2.67. The van der Waals surface area contributed by atoms with E-state index in [2.05, 4.69) is 4.98 Å². The van der Waals surface area contributed by atoms with Gasteiger partial charge in [-0.3, -0.25) is 9.78 Å². The molecule has 6 heteroatoms. The molecule has 1 atom stereocenters. The lowest BCUT2D eigenvalue weighted by Gasteiger charge is -2.52. The Hall–Kier alpha value is -2.18. The fourth-order valence-corrected chi connectivity index (χ4v) is 3.68. The molecule has 0 aliphatic carbocycles. The Morgan fingerprint density at radius 1 is 1.40 bits per heavy atom. The van der Waals surface area contributed by atoms with Crippen molar-refractivity contribution in [2.45, 2.75) is 31.2 Å². The van der Waals surface area contributed by atoms with E-state index in [1.807, 2.05) is 53.2 Å². The van der Waals surface area contributed by atoms with Gasteiger partial charge in [-0.05, 0) is 30.2 Å². The molecule has 2 aliphatic rings. The number of pyridine rings is 1. The molecule has 2 aliphatic heterocycles. The largest absolute Gasteiger partial charge is 0.373 e. The van der Waals surface area contributed by atoms with E-state index in [1.54, 1.807) is 6.20 Å². The van der Waals surface area contributed by atoms with Crippen LogP contribution in [0, 0.1) is 0 Å². The third-order valence-corrected chi connectivity index (χ3v) is 5.06. The van der Waals surface area contributed by atoms with Crippen LogP contribution < -0.4 is 0 Å². The summed E-state index contributed by atoms with van der Waals surface area (Å²) in [6.07, 6.45) is 7.39. The third kappa shape index (κ3) is 3.32. The number of hydrogen-bond acceptors (Lipinski definition) is 4. The predicted octanol–water partition coefficient (Wildman–Crippen LogP) is 2.01. The van der Waals surface area contributed by atoms with Crippen LogP contribution in [0.5, 0.6) is 0 Å². The molecule has 6 nitrogen and oxygen atoms in total. The summed E-state index contributed by atoms with van der Waals surface area (Å²) >= 11 is 0. The van der Waals surface area contributed by atoms with Gasteiger partial charge in [0.1, 0.15) is 11.3 Å². The number of rotatable bonds is 4. The molecular formula is C19H23N3O3. The minimum atomic E-state index is -0.237. The highest BCUT2D eigenvalue weighted by Gasteiger charge is 2.49. The van der Waals surface area contributed by atoms with E-state index >= 15 is 0 Å². The first-order chi connectivity index (χ1) is 12.2. The molecule has 2 aromatic heterocycles. The van der Waals surface area contributed by atoms with Crippen molar-refractivity contribution >= 4 is 5.91 Å². The molecule has 1 spiro atoms. The molecule has 2 saturated heterocycles. The highest BCUT2D eigenvalue weighted by molar-refractivity contribution is 5.93. The van der Waals surface area contributed by atoms with Crippen LogP contribution in [-0.2, 0) is 23.1 Å². The first kappa shape index (κ1) is 16.3. The van der Waals surface area contributed by atoms with E-state index in [0.717, 1.165) is 24.1 Å². The number of likely N-dealkylation sites (tertiary alicyclic amines) is 1. The van der Waals surface area contributed by atoms with Gasteiger partial charge >= 0.3 is 0 Å². The number of aromatic nitrogens is 2. The number of nitrogens with zero attached hydrogens (tertiary/aromatic N) is 3. The fraction of sp³-hybridized carbons (Fsp3) is 0.474. The Kier molecular flexibility index (Phi) is 4.31. The molecule has 0 bridgehead atoms. The topological polar surface area (TPSA) is 56.6 Å². The monoisotopic (exact) mass is 341 g/mol. The summed E-state index contributed by atoms with van der Waals surface area (Å²) in [7, 11) is 1.89. The second-order valence-electron chi connectivity index (χ2n) is 6.98. The molecule has 1 amide bonds. The Bertz CT molecular complexity index is 737. The van der Waals surface area contributed by atoms with Crippen molar-refractivity contribution in [3.8, 4) is 0 Å². The highest BCUT2D eigenvalue weighted by Crippen LogP contribution is 2.36. The maximum atomic E-state index is 12.5. The molecule has 0 unspecified atom stereocenters. The number of amides is 1. The molecule has 4 heterocycles. The number of ether oxygens (including phenoxy) is 2. The smallest absolute Gasteiger partial charge is 0.270 e. The summed E-state index contributed by atoms with van der Waals surface area (Å²) in [4.78, 5) is 18.5. The molecule has 4 rings (SSSR count).